The fourth-order valence-electron chi connectivity index (χ4n) is 2.37. The van der Waals surface area contributed by atoms with Crippen molar-refractivity contribution in [3.8, 4) is 10.7 Å². The minimum atomic E-state index is 0.596. The van der Waals surface area contributed by atoms with Crippen molar-refractivity contribution in [2.75, 3.05) is 6.54 Å². The average molecular weight is 405 g/mol. The molecule has 0 saturated carbocycles. The van der Waals surface area contributed by atoms with Gasteiger partial charge in [0, 0.05) is 10.0 Å². The summed E-state index contributed by atoms with van der Waals surface area (Å²) in [6.07, 6.45) is 5.15. The summed E-state index contributed by atoms with van der Waals surface area (Å²) in [5.74, 6) is 1.24. The molecule has 0 spiro atoms. The number of rotatable bonds is 7. The molecule has 0 atom stereocenters. The van der Waals surface area contributed by atoms with Crippen LogP contribution < -0.4 is 5.73 Å². The second-order valence-electron chi connectivity index (χ2n) is 5.40. The van der Waals surface area contributed by atoms with Crippen LogP contribution >= 0.6 is 27.3 Å². The maximum Gasteiger partial charge on any atom is 0.254 e. The highest BCUT2D eigenvalue weighted by atomic mass is 79.9. The highest BCUT2D eigenvalue weighted by Crippen LogP contribution is 2.28. The van der Waals surface area contributed by atoms with E-state index in [9.17, 15) is 0 Å². The molecule has 3 N–H and O–H groups in total. The predicted octanol–water partition coefficient (Wildman–Crippen LogP) is 4.51. The normalized spacial score (nSPS) is 11.8. The van der Waals surface area contributed by atoms with Crippen molar-refractivity contribution in [2.24, 2.45) is 0 Å². The number of quaternary nitrogens is 1. The molecule has 0 fully saturated rings. The Balaban J connectivity index is 1.91. The van der Waals surface area contributed by atoms with Crippen LogP contribution in [0.5, 0.6) is 0 Å². The number of halogens is 1. The van der Waals surface area contributed by atoms with E-state index in [0.717, 1.165) is 46.3 Å². The summed E-state index contributed by atoms with van der Waals surface area (Å²) in [6, 6.07) is 12.1. The van der Waals surface area contributed by atoms with Crippen LogP contribution in [-0.4, -0.2) is 16.7 Å². The third-order valence-corrected chi connectivity index (χ3v) is 5.21. The van der Waals surface area contributed by atoms with E-state index < -0.39 is 0 Å². The van der Waals surface area contributed by atoms with Crippen molar-refractivity contribution in [1.82, 2.24) is 10.1 Å². The molecular formula is C18H19BrN3OS+. The highest BCUT2D eigenvalue weighted by molar-refractivity contribution is 9.10. The molecule has 4 nitrogen and oxygen atoms in total. The van der Waals surface area contributed by atoms with Crippen molar-refractivity contribution in [3.63, 3.8) is 0 Å². The molecule has 2 aromatic heterocycles. The molecule has 0 bridgehead atoms. The molecule has 0 aliphatic carbocycles. The number of benzene rings is 1. The Morgan fingerprint density at radius 2 is 2.08 bits per heavy atom. The molecule has 6 heteroatoms. The number of aromatic nitrogens is 2. The monoisotopic (exact) mass is 404 g/mol. The summed E-state index contributed by atoms with van der Waals surface area (Å²) in [7, 11) is 0. The highest BCUT2D eigenvalue weighted by Gasteiger charge is 2.14. The molecule has 3 rings (SSSR count). The van der Waals surface area contributed by atoms with E-state index in [1.807, 2.05) is 35.7 Å². The van der Waals surface area contributed by atoms with Crippen LogP contribution in [0.1, 0.15) is 30.7 Å². The van der Waals surface area contributed by atoms with Gasteiger partial charge in [0.1, 0.15) is 0 Å². The summed E-state index contributed by atoms with van der Waals surface area (Å²) in [6.45, 7) is 0.937. The molecule has 0 unspecified atom stereocenters. The Hall–Kier alpha value is -1.76. The Morgan fingerprint density at radius 1 is 1.21 bits per heavy atom. The maximum atomic E-state index is 5.54. The molecule has 0 aliphatic rings. The maximum absolute atomic E-state index is 5.54. The fourth-order valence-corrected chi connectivity index (χ4v) is 3.42. The van der Waals surface area contributed by atoms with E-state index in [1.54, 1.807) is 11.3 Å². The molecule has 3 aromatic rings. The van der Waals surface area contributed by atoms with Crippen LogP contribution in [0.15, 0.2) is 50.8 Å². The summed E-state index contributed by atoms with van der Waals surface area (Å²) in [5, 5.41) is 6.14. The topological polar surface area (TPSA) is 66.6 Å². The lowest BCUT2D eigenvalue weighted by atomic mass is 10.0. The van der Waals surface area contributed by atoms with E-state index in [4.69, 9.17) is 4.52 Å². The van der Waals surface area contributed by atoms with E-state index in [1.165, 1.54) is 0 Å². The third kappa shape index (κ3) is 4.20. The minimum Gasteiger partial charge on any atom is -0.358 e. The van der Waals surface area contributed by atoms with E-state index in [-0.39, 0.29) is 0 Å². The predicted molar refractivity (Wildman–Crippen MR) is 101 cm³/mol. The van der Waals surface area contributed by atoms with Gasteiger partial charge in [-0.25, -0.2) is 0 Å². The number of hydrogen-bond donors (Lipinski definition) is 1. The second kappa shape index (κ2) is 8.37. The van der Waals surface area contributed by atoms with Crippen molar-refractivity contribution >= 4 is 38.9 Å². The van der Waals surface area contributed by atoms with Gasteiger partial charge in [-0.2, -0.15) is 4.98 Å². The van der Waals surface area contributed by atoms with Gasteiger partial charge >= 0.3 is 0 Å². The van der Waals surface area contributed by atoms with Crippen LogP contribution in [0.25, 0.3) is 22.4 Å². The minimum absolute atomic E-state index is 0.596. The van der Waals surface area contributed by atoms with E-state index in [0.29, 0.717) is 11.7 Å². The van der Waals surface area contributed by atoms with Crippen LogP contribution in [0.4, 0.5) is 0 Å². The molecule has 0 saturated heterocycles. The lowest BCUT2D eigenvalue weighted by molar-refractivity contribution is -0.368. The van der Waals surface area contributed by atoms with Gasteiger partial charge in [0.15, 0.2) is 0 Å². The lowest BCUT2D eigenvalue weighted by Gasteiger charge is -2.04. The molecule has 0 aliphatic heterocycles. The Morgan fingerprint density at radius 3 is 2.83 bits per heavy atom. The Kier molecular flexibility index (Phi) is 5.96. The third-order valence-electron chi connectivity index (χ3n) is 3.62. The SMILES string of the molecule is [NH3+]CCCC/C(=C\c1ccccc1Br)c1nc(-c2cccs2)no1. The lowest BCUT2D eigenvalue weighted by Crippen LogP contribution is -2.50. The van der Waals surface area contributed by atoms with Gasteiger partial charge < -0.3 is 10.3 Å². The molecular weight excluding hydrogens is 386 g/mol. The summed E-state index contributed by atoms with van der Waals surface area (Å²) in [4.78, 5) is 5.61. The first-order chi connectivity index (χ1) is 11.8. The smallest absolute Gasteiger partial charge is 0.254 e. The Labute approximate surface area is 153 Å². The largest absolute Gasteiger partial charge is 0.358 e. The van der Waals surface area contributed by atoms with Crippen molar-refractivity contribution in [2.45, 2.75) is 19.3 Å². The van der Waals surface area contributed by atoms with Crippen LogP contribution in [0.3, 0.4) is 0 Å². The van der Waals surface area contributed by atoms with E-state index in [2.05, 4.69) is 43.9 Å². The van der Waals surface area contributed by atoms with Crippen molar-refractivity contribution in [1.29, 1.82) is 0 Å². The van der Waals surface area contributed by atoms with Gasteiger partial charge in [-0.3, -0.25) is 0 Å². The number of nitrogens with zero attached hydrogens (tertiary/aromatic N) is 2. The zero-order valence-electron chi connectivity index (χ0n) is 13.2. The molecule has 0 amide bonds. The van der Waals surface area contributed by atoms with Gasteiger partial charge in [0.2, 0.25) is 5.82 Å². The number of allylic oxidation sites excluding steroid dienone is 1. The first kappa shape index (κ1) is 17.1. The molecule has 124 valence electrons. The zero-order chi connectivity index (χ0) is 16.8. The molecule has 1 aromatic carbocycles. The van der Waals surface area contributed by atoms with E-state index >= 15 is 0 Å². The second-order valence-corrected chi connectivity index (χ2v) is 7.20. The van der Waals surface area contributed by atoms with Crippen LogP contribution in [0, 0.1) is 0 Å². The van der Waals surface area contributed by atoms with Crippen LogP contribution in [-0.2, 0) is 0 Å². The van der Waals surface area contributed by atoms with Crippen molar-refractivity contribution in [3.05, 3.63) is 57.7 Å². The standard InChI is InChI=1S/C18H18BrN3OS/c19-15-8-2-1-6-13(15)12-14(7-3-4-10-20)18-21-17(22-23-18)16-9-5-11-24-16/h1-2,5-6,8-9,11-12H,3-4,7,10,20H2/p+1/b14-12+. The first-order valence-electron chi connectivity index (χ1n) is 7.90. The van der Waals surface area contributed by atoms with Gasteiger partial charge in [-0.1, -0.05) is 45.4 Å². The molecule has 24 heavy (non-hydrogen) atoms. The van der Waals surface area contributed by atoms with Gasteiger partial charge in [-0.05, 0) is 48.4 Å². The molecule has 0 radical (unpaired) electrons. The number of unbranched alkanes of at least 4 members (excludes halogenated alkanes) is 1. The average Bonchev–Trinajstić information content (AvgIpc) is 3.27. The van der Waals surface area contributed by atoms with Gasteiger partial charge in [0.25, 0.3) is 5.89 Å². The summed E-state index contributed by atoms with van der Waals surface area (Å²) in [5.41, 5.74) is 6.08. The van der Waals surface area contributed by atoms with Gasteiger partial charge in [-0.15, -0.1) is 11.3 Å². The van der Waals surface area contributed by atoms with Gasteiger partial charge in [0.05, 0.1) is 11.4 Å². The number of hydrogen-bond acceptors (Lipinski definition) is 4. The van der Waals surface area contributed by atoms with Crippen LogP contribution in [0.2, 0.25) is 0 Å². The first-order valence-corrected chi connectivity index (χ1v) is 9.57. The fraction of sp³-hybridized carbons (Fsp3) is 0.222. The zero-order valence-corrected chi connectivity index (χ0v) is 15.6. The number of thiophene rings is 1. The quantitative estimate of drug-likeness (QED) is 0.588. The summed E-state index contributed by atoms with van der Waals surface area (Å²) >= 11 is 5.21. The summed E-state index contributed by atoms with van der Waals surface area (Å²) < 4.78 is 6.59. The molecule has 2 heterocycles. The Bertz CT molecular complexity index is 811. The van der Waals surface area contributed by atoms with Crippen molar-refractivity contribution < 1.29 is 10.3 Å².